The molecule has 2 rings (SSSR count). The Bertz CT molecular complexity index is 296. The first kappa shape index (κ1) is 8.20. The van der Waals surface area contributed by atoms with Crippen molar-refractivity contribution < 1.29 is 4.74 Å². The Morgan fingerprint density at radius 3 is 2.92 bits per heavy atom. The average Bonchev–Trinajstić information content (AvgIpc) is 2.84. The highest BCUT2D eigenvalue weighted by atomic mass is 79.9. The molecule has 1 aromatic heterocycles. The molecule has 0 bridgehead atoms. The molecule has 0 amide bonds. The van der Waals surface area contributed by atoms with Crippen LogP contribution in [-0.4, -0.2) is 11.6 Å². The number of epoxide rings is 1. The van der Waals surface area contributed by atoms with E-state index in [2.05, 4.69) is 33.9 Å². The molecule has 1 aliphatic heterocycles. The van der Waals surface area contributed by atoms with Crippen molar-refractivity contribution in [2.75, 3.05) is 6.61 Å². The van der Waals surface area contributed by atoms with Gasteiger partial charge in [-0.1, -0.05) is 6.92 Å². The normalized spacial score (nSPS) is 27.2. The van der Waals surface area contributed by atoms with Gasteiger partial charge in [0.15, 0.2) is 0 Å². The van der Waals surface area contributed by atoms with Gasteiger partial charge in [0, 0.05) is 22.4 Å². The van der Waals surface area contributed by atoms with Gasteiger partial charge in [-0.25, -0.2) is 0 Å². The highest BCUT2D eigenvalue weighted by Gasteiger charge is 2.44. The van der Waals surface area contributed by atoms with Crippen LogP contribution in [0.5, 0.6) is 0 Å². The lowest BCUT2D eigenvalue weighted by molar-refractivity contribution is 0.300. The molecule has 0 N–H and O–H groups in total. The highest BCUT2D eigenvalue weighted by molar-refractivity contribution is 9.10. The minimum Gasteiger partial charge on any atom is -0.364 e. The van der Waals surface area contributed by atoms with Crippen molar-refractivity contribution in [2.24, 2.45) is 0 Å². The summed E-state index contributed by atoms with van der Waals surface area (Å²) in [7, 11) is 0. The number of ether oxygens (including phenoxy) is 1. The van der Waals surface area contributed by atoms with Gasteiger partial charge in [0.1, 0.15) is 5.60 Å². The predicted molar refractivity (Wildman–Crippen MR) is 49.9 cm³/mol. The van der Waals surface area contributed by atoms with Crippen molar-refractivity contribution in [2.45, 2.75) is 18.9 Å². The lowest BCUT2D eigenvalue weighted by atomic mass is 10.00. The molecule has 12 heavy (non-hydrogen) atoms. The third-order valence-corrected chi connectivity index (χ3v) is 2.73. The second-order valence-corrected chi connectivity index (χ2v) is 3.94. The molecule has 1 aromatic rings. The Labute approximate surface area is 80.1 Å². The zero-order chi connectivity index (χ0) is 8.60. The molecule has 1 aliphatic rings. The summed E-state index contributed by atoms with van der Waals surface area (Å²) in [6, 6.07) is 2.07. The topological polar surface area (TPSA) is 25.4 Å². The van der Waals surface area contributed by atoms with Gasteiger partial charge < -0.3 is 4.74 Å². The number of pyridine rings is 1. The van der Waals surface area contributed by atoms with Crippen LogP contribution in [0.15, 0.2) is 22.9 Å². The fourth-order valence-electron chi connectivity index (χ4n) is 1.32. The molecule has 0 aliphatic carbocycles. The summed E-state index contributed by atoms with van der Waals surface area (Å²) in [6.07, 6.45) is 4.68. The van der Waals surface area contributed by atoms with Crippen LogP contribution in [0, 0.1) is 0 Å². The van der Waals surface area contributed by atoms with Crippen LogP contribution >= 0.6 is 15.9 Å². The van der Waals surface area contributed by atoms with Crippen molar-refractivity contribution >= 4 is 15.9 Å². The van der Waals surface area contributed by atoms with E-state index in [1.165, 1.54) is 5.56 Å². The molecular formula is C9H10BrNO. The summed E-state index contributed by atoms with van der Waals surface area (Å²) in [5, 5.41) is 0. The van der Waals surface area contributed by atoms with E-state index in [1.807, 2.05) is 6.20 Å². The average molecular weight is 228 g/mol. The van der Waals surface area contributed by atoms with Crippen molar-refractivity contribution in [3.63, 3.8) is 0 Å². The summed E-state index contributed by atoms with van der Waals surface area (Å²) < 4.78 is 6.44. The summed E-state index contributed by atoms with van der Waals surface area (Å²) in [4.78, 5) is 4.11. The molecule has 2 heterocycles. The van der Waals surface area contributed by atoms with Crippen LogP contribution in [0.4, 0.5) is 0 Å². The molecule has 0 saturated carbocycles. The van der Waals surface area contributed by atoms with E-state index in [1.54, 1.807) is 6.20 Å². The second kappa shape index (κ2) is 2.82. The lowest BCUT2D eigenvalue weighted by Gasteiger charge is -2.07. The molecule has 3 heteroatoms. The van der Waals surface area contributed by atoms with Crippen molar-refractivity contribution in [3.05, 3.63) is 28.5 Å². The third-order valence-electron chi connectivity index (χ3n) is 2.29. The Morgan fingerprint density at radius 1 is 1.67 bits per heavy atom. The zero-order valence-corrected chi connectivity index (χ0v) is 8.47. The van der Waals surface area contributed by atoms with E-state index in [0.717, 1.165) is 17.5 Å². The van der Waals surface area contributed by atoms with Crippen LogP contribution in [-0.2, 0) is 10.3 Å². The quantitative estimate of drug-likeness (QED) is 0.726. The van der Waals surface area contributed by atoms with Gasteiger partial charge in [0.25, 0.3) is 0 Å². The fraction of sp³-hybridized carbons (Fsp3) is 0.444. The van der Waals surface area contributed by atoms with E-state index in [4.69, 9.17) is 4.74 Å². The molecule has 1 fully saturated rings. The second-order valence-electron chi connectivity index (χ2n) is 3.03. The molecule has 0 spiro atoms. The lowest BCUT2D eigenvalue weighted by Crippen LogP contribution is -2.06. The van der Waals surface area contributed by atoms with Crippen molar-refractivity contribution in [3.8, 4) is 0 Å². The maximum absolute atomic E-state index is 5.43. The van der Waals surface area contributed by atoms with Crippen LogP contribution in [0.3, 0.4) is 0 Å². The van der Waals surface area contributed by atoms with Crippen molar-refractivity contribution in [1.29, 1.82) is 0 Å². The Morgan fingerprint density at radius 2 is 2.42 bits per heavy atom. The number of nitrogens with zero attached hydrogens (tertiary/aromatic N) is 1. The van der Waals surface area contributed by atoms with Crippen LogP contribution in [0.2, 0.25) is 0 Å². The Balaban J connectivity index is 2.34. The summed E-state index contributed by atoms with van der Waals surface area (Å²) in [5.74, 6) is 0. The van der Waals surface area contributed by atoms with Gasteiger partial charge in [0.2, 0.25) is 0 Å². The van der Waals surface area contributed by atoms with Crippen LogP contribution in [0.1, 0.15) is 18.9 Å². The number of hydrogen-bond acceptors (Lipinski definition) is 2. The minimum absolute atomic E-state index is 0.0171. The van der Waals surface area contributed by atoms with Gasteiger partial charge >= 0.3 is 0 Å². The first-order valence-electron chi connectivity index (χ1n) is 4.02. The first-order valence-corrected chi connectivity index (χ1v) is 4.81. The smallest absolute Gasteiger partial charge is 0.118 e. The molecule has 1 atom stereocenters. The number of hydrogen-bond donors (Lipinski definition) is 0. The van der Waals surface area contributed by atoms with Gasteiger partial charge in [-0.05, 0) is 28.4 Å². The maximum Gasteiger partial charge on any atom is 0.118 e. The summed E-state index contributed by atoms with van der Waals surface area (Å²) in [5.41, 5.74) is 1.16. The zero-order valence-electron chi connectivity index (χ0n) is 6.88. The molecule has 2 nitrogen and oxygen atoms in total. The maximum atomic E-state index is 5.43. The highest BCUT2D eigenvalue weighted by Crippen LogP contribution is 2.41. The number of rotatable bonds is 2. The first-order chi connectivity index (χ1) is 5.77. The van der Waals surface area contributed by atoms with E-state index in [-0.39, 0.29) is 5.60 Å². The standard InChI is InChI=1S/C9H10BrNO/c1-2-9(6-12-9)7-3-8(10)5-11-4-7/h3-5H,2,6H2,1H3/t9-/m0/s1. The predicted octanol–water partition coefficient (Wildman–Crippen LogP) is 2.48. The number of aromatic nitrogens is 1. The van der Waals surface area contributed by atoms with E-state index >= 15 is 0 Å². The van der Waals surface area contributed by atoms with E-state index in [9.17, 15) is 0 Å². The van der Waals surface area contributed by atoms with Gasteiger partial charge in [0.05, 0.1) is 6.61 Å². The number of halogens is 1. The Kier molecular flexibility index (Phi) is 1.93. The molecule has 0 radical (unpaired) electrons. The molecule has 0 aromatic carbocycles. The largest absolute Gasteiger partial charge is 0.364 e. The van der Waals surface area contributed by atoms with Gasteiger partial charge in [-0.2, -0.15) is 0 Å². The summed E-state index contributed by atoms with van der Waals surface area (Å²) in [6.45, 7) is 2.97. The SMILES string of the molecule is CC[C@@]1(c2cncc(Br)c2)CO1. The van der Waals surface area contributed by atoms with Gasteiger partial charge in [-0.3, -0.25) is 4.98 Å². The fourth-order valence-corrected chi connectivity index (χ4v) is 1.69. The van der Waals surface area contributed by atoms with Crippen molar-refractivity contribution in [1.82, 2.24) is 4.98 Å². The van der Waals surface area contributed by atoms with E-state index < -0.39 is 0 Å². The van der Waals surface area contributed by atoms with Crippen LogP contribution in [0.25, 0.3) is 0 Å². The third kappa shape index (κ3) is 1.27. The minimum atomic E-state index is -0.0171. The van der Waals surface area contributed by atoms with E-state index in [0.29, 0.717) is 0 Å². The Hall–Kier alpha value is -0.410. The van der Waals surface area contributed by atoms with Gasteiger partial charge in [-0.15, -0.1) is 0 Å². The molecule has 1 saturated heterocycles. The monoisotopic (exact) mass is 227 g/mol. The molecule has 64 valence electrons. The van der Waals surface area contributed by atoms with Crippen LogP contribution < -0.4 is 0 Å². The molecular weight excluding hydrogens is 218 g/mol. The summed E-state index contributed by atoms with van der Waals surface area (Å²) >= 11 is 3.39. The molecule has 0 unspecified atom stereocenters.